The molecule has 4 heteroatoms. The van der Waals surface area contributed by atoms with Gasteiger partial charge < -0.3 is 9.52 Å². The largest absolute Gasteiger partial charge is 0.419 e. The molecule has 1 aromatic heterocycles. The number of nitrogens with zero attached hydrogens (tertiary/aromatic N) is 1. The third-order valence-electron chi connectivity index (χ3n) is 3.71. The third-order valence-corrected chi connectivity index (χ3v) is 3.71. The lowest BCUT2D eigenvalue weighted by Gasteiger charge is -2.11. The molecule has 0 saturated heterocycles. The molecule has 1 unspecified atom stereocenters. The smallest absolute Gasteiger partial charge is 0.408 e. The van der Waals surface area contributed by atoms with E-state index in [0.717, 1.165) is 16.6 Å². The first kappa shape index (κ1) is 13.6. The summed E-state index contributed by atoms with van der Waals surface area (Å²) in [6, 6.07) is 13.4. The highest BCUT2D eigenvalue weighted by atomic mass is 16.4. The number of rotatable bonds is 3. The number of hydrogen-bond acceptors (Lipinski definition) is 3. The van der Waals surface area contributed by atoms with E-state index in [9.17, 15) is 9.90 Å². The highest BCUT2D eigenvalue weighted by Gasteiger charge is 2.12. The van der Waals surface area contributed by atoms with Crippen LogP contribution in [-0.2, 0) is 13.5 Å². The molecule has 1 heterocycles. The van der Waals surface area contributed by atoms with Crippen LogP contribution in [0.4, 0.5) is 0 Å². The Morgan fingerprint density at radius 1 is 1.24 bits per heavy atom. The van der Waals surface area contributed by atoms with Gasteiger partial charge in [0.1, 0.15) is 0 Å². The topological polar surface area (TPSA) is 55.4 Å². The molecule has 0 bridgehead atoms. The van der Waals surface area contributed by atoms with Gasteiger partial charge in [0.15, 0.2) is 5.58 Å². The zero-order valence-corrected chi connectivity index (χ0v) is 12.0. The van der Waals surface area contributed by atoms with Crippen LogP contribution in [0.3, 0.4) is 0 Å². The number of aliphatic hydroxyl groups excluding tert-OH is 1. The Kier molecular flexibility index (Phi) is 3.39. The second kappa shape index (κ2) is 5.22. The van der Waals surface area contributed by atoms with E-state index in [1.54, 1.807) is 19.2 Å². The molecule has 1 atom stereocenters. The zero-order valence-electron chi connectivity index (χ0n) is 12.0. The van der Waals surface area contributed by atoms with Gasteiger partial charge in [0.25, 0.3) is 0 Å². The Hall–Kier alpha value is -2.33. The summed E-state index contributed by atoms with van der Waals surface area (Å²) in [5.41, 5.74) is 4.23. The Bertz CT molecular complexity index is 845. The van der Waals surface area contributed by atoms with Crippen molar-refractivity contribution >= 4 is 11.1 Å². The van der Waals surface area contributed by atoms with Gasteiger partial charge in [-0.3, -0.25) is 4.57 Å². The van der Waals surface area contributed by atoms with E-state index in [2.05, 4.69) is 6.07 Å². The molecule has 0 spiro atoms. The number of aryl methyl sites for hydroxylation is 2. The number of benzene rings is 2. The van der Waals surface area contributed by atoms with Crippen molar-refractivity contribution < 1.29 is 9.52 Å². The second-order valence-corrected chi connectivity index (χ2v) is 5.36. The summed E-state index contributed by atoms with van der Waals surface area (Å²) in [5, 5.41) is 10.4. The summed E-state index contributed by atoms with van der Waals surface area (Å²) >= 11 is 0. The minimum atomic E-state index is -0.623. The van der Waals surface area contributed by atoms with E-state index >= 15 is 0 Å². The molecular weight excluding hydrogens is 266 g/mol. The van der Waals surface area contributed by atoms with Gasteiger partial charge in [-0.15, -0.1) is 0 Å². The van der Waals surface area contributed by atoms with Gasteiger partial charge in [-0.05, 0) is 30.2 Å². The maximum Gasteiger partial charge on any atom is 0.419 e. The van der Waals surface area contributed by atoms with E-state index in [1.165, 1.54) is 10.1 Å². The molecular formula is C17H17NO3. The normalized spacial score (nSPS) is 12.7. The maximum atomic E-state index is 11.5. The standard InChI is InChI=1S/C17H17NO3/c1-11-4-3-5-12(8-11)9-15(19)13-6-7-14-16(10-13)21-17(20)18(14)2/h3-8,10,15,19H,9H2,1-2H3. The first-order valence-electron chi connectivity index (χ1n) is 6.87. The number of hydrogen-bond donors (Lipinski definition) is 1. The van der Waals surface area contributed by atoms with Gasteiger partial charge in [0.05, 0.1) is 11.6 Å². The number of aliphatic hydroxyl groups is 1. The zero-order chi connectivity index (χ0) is 15.0. The lowest BCUT2D eigenvalue weighted by atomic mass is 10.00. The van der Waals surface area contributed by atoms with Crippen LogP contribution in [0.5, 0.6) is 0 Å². The van der Waals surface area contributed by atoms with Crippen LogP contribution in [0.25, 0.3) is 11.1 Å². The van der Waals surface area contributed by atoms with Crippen LogP contribution in [0.2, 0.25) is 0 Å². The maximum absolute atomic E-state index is 11.5. The van der Waals surface area contributed by atoms with Gasteiger partial charge in [-0.25, -0.2) is 4.79 Å². The number of aromatic nitrogens is 1. The summed E-state index contributed by atoms with van der Waals surface area (Å²) in [6.07, 6.45) is -0.0914. The van der Waals surface area contributed by atoms with Crippen LogP contribution in [0, 0.1) is 6.92 Å². The Balaban J connectivity index is 1.91. The van der Waals surface area contributed by atoms with Crippen molar-refractivity contribution in [3.63, 3.8) is 0 Å². The van der Waals surface area contributed by atoms with Crippen molar-refractivity contribution in [3.8, 4) is 0 Å². The molecule has 2 aromatic carbocycles. The number of fused-ring (bicyclic) bond motifs is 1. The molecule has 1 N–H and O–H groups in total. The van der Waals surface area contributed by atoms with Gasteiger partial charge in [0.2, 0.25) is 0 Å². The second-order valence-electron chi connectivity index (χ2n) is 5.36. The van der Waals surface area contributed by atoms with Crippen LogP contribution in [-0.4, -0.2) is 9.67 Å². The highest BCUT2D eigenvalue weighted by Crippen LogP contribution is 2.22. The van der Waals surface area contributed by atoms with E-state index in [-0.39, 0.29) is 0 Å². The Morgan fingerprint density at radius 2 is 2.05 bits per heavy atom. The molecule has 0 fully saturated rings. The van der Waals surface area contributed by atoms with Crippen LogP contribution in [0.1, 0.15) is 22.8 Å². The molecule has 0 amide bonds. The number of oxazole rings is 1. The molecule has 0 aliphatic heterocycles. The van der Waals surface area contributed by atoms with Crippen molar-refractivity contribution in [1.82, 2.24) is 4.57 Å². The van der Waals surface area contributed by atoms with Gasteiger partial charge in [0, 0.05) is 13.5 Å². The molecule has 108 valence electrons. The summed E-state index contributed by atoms with van der Waals surface area (Å²) in [6.45, 7) is 2.03. The molecule has 0 aliphatic carbocycles. The highest BCUT2D eigenvalue weighted by molar-refractivity contribution is 5.73. The summed E-state index contributed by atoms with van der Waals surface area (Å²) in [7, 11) is 1.66. The van der Waals surface area contributed by atoms with E-state index < -0.39 is 11.9 Å². The molecule has 3 aromatic rings. The molecule has 0 saturated carbocycles. The first-order valence-corrected chi connectivity index (χ1v) is 6.87. The van der Waals surface area contributed by atoms with Crippen molar-refractivity contribution in [2.45, 2.75) is 19.4 Å². The summed E-state index contributed by atoms with van der Waals surface area (Å²) in [5.74, 6) is -0.393. The van der Waals surface area contributed by atoms with E-state index in [1.807, 2.05) is 31.2 Å². The minimum Gasteiger partial charge on any atom is -0.408 e. The molecule has 21 heavy (non-hydrogen) atoms. The molecule has 3 rings (SSSR count). The Labute approximate surface area is 122 Å². The fourth-order valence-electron chi connectivity index (χ4n) is 2.54. The Morgan fingerprint density at radius 3 is 2.81 bits per heavy atom. The van der Waals surface area contributed by atoms with Crippen molar-refractivity contribution in [2.24, 2.45) is 7.05 Å². The van der Waals surface area contributed by atoms with Gasteiger partial charge >= 0.3 is 5.76 Å². The molecule has 0 radical (unpaired) electrons. The average molecular weight is 283 g/mol. The van der Waals surface area contributed by atoms with Crippen LogP contribution in [0.15, 0.2) is 51.7 Å². The lowest BCUT2D eigenvalue weighted by Crippen LogP contribution is -2.08. The quantitative estimate of drug-likeness (QED) is 0.804. The van der Waals surface area contributed by atoms with Crippen molar-refractivity contribution in [2.75, 3.05) is 0 Å². The van der Waals surface area contributed by atoms with Crippen molar-refractivity contribution in [3.05, 3.63) is 69.7 Å². The molecule has 4 nitrogen and oxygen atoms in total. The van der Waals surface area contributed by atoms with E-state index in [4.69, 9.17) is 4.42 Å². The van der Waals surface area contributed by atoms with Gasteiger partial charge in [-0.2, -0.15) is 0 Å². The lowest BCUT2D eigenvalue weighted by molar-refractivity contribution is 0.178. The van der Waals surface area contributed by atoms with E-state index in [0.29, 0.717) is 12.0 Å². The summed E-state index contributed by atoms with van der Waals surface area (Å²) < 4.78 is 6.61. The third kappa shape index (κ3) is 2.62. The molecule has 0 aliphatic rings. The predicted octanol–water partition coefficient (Wildman–Crippen LogP) is 2.72. The average Bonchev–Trinajstić information content (AvgIpc) is 2.73. The van der Waals surface area contributed by atoms with Crippen LogP contribution < -0.4 is 5.76 Å². The predicted molar refractivity (Wildman–Crippen MR) is 81.3 cm³/mol. The monoisotopic (exact) mass is 283 g/mol. The van der Waals surface area contributed by atoms with Crippen molar-refractivity contribution in [1.29, 1.82) is 0 Å². The first-order chi connectivity index (χ1) is 10.0. The summed E-state index contributed by atoms with van der Waals surface area (Å²) in [4.78, 5) is 11.5. The fraction of sp³-hybridized carbons (Fsp3) is 0.235. The van der Waals surface area contributed by atoms with Crippen LogP contribution >= 0.6 is 0 Å². The fourth-order valence-corrected chi connectivity index (χ4v) is 2.54. The van der Waals surface area contributed by atoms with Gasteiger partial charge in [-0.1, -0.05) is 35.9 Å². The minimum absolute atomic E-state index is 0.393. The SMILES string of the molecule is Cc1cccc(CC(O)c2ccc3c(c2)oc(=O)n3C)c1.